The summed E-state index contributed by atoms with van der Waals surface area (Å²) in [6.07, 6.45) is 0. The van der Waals surface area contributed by atoms with Crippen LogP contribution in [0.1, 0.15) is 43.6 Å². The predicted octanol–water partition coefficient (Wildman–Crippen LogP) is 4.57. The number of ether oxygens (including phenoxy) is 1. The first-order valence-corrected chi connectivity index (χ1v) is 9.70. The predicted molar refractivity (Wildman–Crippen MR) is 117 cm³/mol. The van der Waals surface area contributed by atoms with Gasteiger partial charge in [-0.15, -0.1) is 0 Å². The Morgan fingerprint density at radius 3 is 2.00 bits per heavy atom. The molecule has 0 saturated heterocycles. The molecule has 0 atom stereocenters. The number of hydrogen-bond acceptors (Lipinski definition) is 5. The third kappa shape index (κ3) is 5.65. The molecule has 0 aliphatic carbocycles. The second-order valence-electron chi connectivity index (χ2n) is 6.64. The van der Waals surface area contributed by atoms with E-state index in [-0.39, 0.29) is 22.7 Å². The minimum atomic E-state index is -0.792. The number of anilines is 1. The van der Waals surface area contributed by atoms with E-state index < -0.39 is 18.5 Å². The topological polar surface area (TPSA) is 89.5 Å². The highest BCUT2D eigenvalue weighted by Crippen LogP contribution is 2.18. The Morgan fingerprint density at radius 2 is 1.39 bits per heavy atom. The van der Waals surface area contributed by atoms with Gasteiger partial charge in [0.15, 0.2) is 18.2 Å². The van der Waals surface area contributed by atoms with Crippen molar-refractivity contribution in [1.82, 2.24) is 0 Å². The van der Waals surface area contributed by atoms with E-state index in [2.05, 4.69) is 5.32 Å². The maximum absolute atomic E-state index is 12.8. The number of carbonyl (C=O) groups is 4. The molecule has 3 aromatic carbocycles. The van der Waals surface area contributed by atoms with Gasteiger partial charge in [-0.25, -0.2) is 4.79 Å². The molecule has 6 nitrogen and oxygen atoms in total. The molecule has 1 N–H and O–H groups in total. The Balaban J connectivity index is 1.65. The minimum absolute atomic E-state index is 0.0565. The summed E-state index contributed by atoms with van der Waals surface area (Å²) in [5.41, 5.74) is 1.57. The summed E-state index contributed by atoms with van der Waals surface area (Å²) in [5.74, 6) is -1.79. The van der Waals surface area contributed by atoms with Gasteiger partial charge in [0.2, 0.25) is 0 Å². The first-order valence-electron chi connectivity index (χ1n) is 9.32. The molecule has 0 unspecified atom stereocenters. The molecule has 0 bridgehead atoms. The number of esters is 1. The van der Waals surface area contributed by atoms with E-state index >= 15 is 0 Å². The summed E-state index contributed by atoms with van der Waals surface area (Å²) in [6, 6.07) is 18.9. The maximum atomic E-state index is 12.8. The highest BCUT2D eigenvalue weighted by atomic mass is 35.5. The van der Waals surface area contributed by atoms with Gasteiger partial charge < -0.3 is 10.1 Å². The van der Waals surface area contributed by atoms with Gasteiger partial charge in [0.1, 0.15) is 0 Å². The zero-order valence-corrected chi connectivity index (χ0v) is 17.3. The SMILES string of the molecule is CC(=O)c1ccc(NC(=O)COC(=O)c2ccccc2C(=O)c2ccc(Cl)cc2)cc1. The number of amides is 1. The van der Waals surface area contributed by atoms with Gasteiger partial charge in [-0.2, -0.15) is 0 Å². The molecular weight excluding hydrogens is 418 g/mol. The van der Waals surface area contributed by atoms with E-state index in [9.17, 15) is 19.2 Å². The van der Waals surface area contributed by atoms with E-state index in [4.69, 9.17) is 16.3 Å². The molecule has 3 aromatic rings. The Kier molecular flexibility index (Phi) is 6.95. The Bertz CT molecular complexity index is 1140. The molecule has 0 aliphatic rings. The number of halogens is 1. The van der Waals surface area contributed by atoms with Crippen molar-refractivity contribution in [2.45, 2.75) is 6.92 Å². The van der Waals surface area contributed by atoms with Crippen molar-refractivity contribution < 1.29 is 23.9 Å². The molecule has 0 fully saturated rings. The zero-order chi connectivity index (χ0) is 22.4. The molecule has 0 heterocycles. The maximum Gasteiger partial charge on any atom is 0.339 e. The lowest BCUT2D eigenvalue weighted by Gasteiger charge is -2.10. The lowest BCUT2D eigenvalue weighted by atomic mass is 9.98. The number of hydrogen-bond donors (Lipinski definition) is 1. The van der Waals surface area contributed by atoms with Crippen molar-refractivity contribution in [3.8, 4) is 0 Å². The van der Waals surface area contributed by atoms with Gasteiger partial charge in [-0.05, 0) is 61.5 Å². The average molecular weight is 436 g/mol. The summed E-state index contributed by atoms with van der Waals surface area (Å²) >= 11 is 5.86. The number of benzene rings is 3. The second-order valence-corrected chi connectivity index (χ2v) is 7.08. The molecule has 156 valence electrons. The number of Topliss-reactive ketones (excluding diaryl/α,β-unsaturated/α-hetero) is 1. The third-order valence-corrected chi connectivity index (χ3v) is 4.66. The van der Waals surface area contributed by atoms with Crippen LogP contribution in [0.4, 0.5) is 5.69 Å². The zero-order valence-electron chi connectivity index (χ0n) is 16.6. The average Bonchev–Trinajstić information content (AvgIpc) is 2.78. The van der Waals surface area contributed by atoms with Gasteiger partial charge >= 0.3 is 5.97 Å². The van der Waals surface area contributed by atoms with E-state index in [0.29, 0.717) is 21.8 Å². The van der Waals surface area contributed by atoms with E-state index in [0.717, 1.165) is 0 Å². The van der Waals surface area contributed by atoms with Crippen LogP contribution >= 0.6 is 11.6 Å². The Labute approximate surface area is 183 Å². The Morgan fingerprint density at radius 1 is 0.806 bits per heavy atom. The van der Waals surface area contributed by atoms with Gasteiger partial charge in [-0.3, -0.25) is 14.4 Å². The van der Waals surface area contributed by atoms with Crippen molar-refractivity contribution in [3.05, 3.63) is 100 Å². The van der Waals surface area contributed by atoms with Gasteiger partial charge in [0.25, 0.3) is 5.91 Å². The fourth-order valence-corrected chi connectivity index (χ4v) is 2.94. The molecule has 31 heavy (non-hydrogen) atoms. The van der Waals surface area contributed by atoms with Crippen LogP contribution in [-0.4, -0.2) is 30.0 Å². The highest BCUT2D eigenvalue weighted by Gasteiger charge is 2.20. The van der Waals surface area contributed by atoms with E-state index in [1.807, 2.05) is 0 Å². The summed E-state index contributed by atoms with van der Waals surface area (Å²) < 4.78 is 5.09. The van der Waals surface area contributed by atoms with Gasteiger partial charge in [0.05, 0.1) is 5.56 Å². The molecule has 3 rings (SSSR count). The number of carbonyl (C=O) groups excluding carboxylic acids is 4. The molecule has 7 heteroatoms. The lowest BCUT2D eigenvalue weighted by molar-refractivity contribution is -0.119. The van der Waals surface area contributed by atoms with Crippen LogP contribution in [0.15, 0.2) is 72.8 Å². The molecule has 0 aliphatic heterocycles. The van der Waals surface area contributed by atoms with Crippen molar-refractivity contribution in [1.29, 1.82) is 0 Å². The van der Waals surface area contributed by atoms with Crippen LogP contribution < -0.4 is 5.32 Å². The number of ketones is 2. The third-order valence-electron chi connectivity index (χ3n) is 4.41. The quantitative estimate of drug-likeness (QED) is 0.433. The molecular formula is C24H18ClNO5. The van der Waals surface area contributed by atoms with Crippen LogP contribution in [0.5, 0.6) is 0 Å². The highest BCUT2D eigenvalue weighted by molar-refractivity contribution is 6.30. The van der Waals surface area contributed by atoms with Crippen LogP contribution in [0, 0.1) is 0 Å². The van der Waals surface area contributed by atoms with Gasteiger partial charge in [-0.1, -0.05) is 29.8 Å². The first-order chi connectivity index (χ1) is 14.8. The second kappa shape index (κ2) is 9.82. The summed E-state index contributed by atoms with van der Waals surface area (Å²) in [6.45, 7) is 0.916. The van der Waals surface area contributed by atoms with Crippen LogP contribution in [0.2, 0.25) is 5.02 Å². The molecule has 0 spiro atoms. The summed E-state index contributed by atoms with van der Waals surface area (Å²) in [5, 5.41) is 3.07. The fourth-order valence-electron chi connectivity index (χ4n) is 2.81. The molecule has 1 amide bonds. The number of nitrogens with one attached hydrogen (secondary N) is 1. The Hall–Kier alpha value is -3.77. The van der Waals surface area contributed by atoms with Crippen molar-refractivity contribution in [3.63, 3.8) is 0 Å². The first kappa shape index (κ1) is 21.9. The van der Waals surface area contributed by atoms with Crippen LogP contribution in [-0.2, 0) is 9.53 Å². The largest absolute Gasteiger partial charge is 0.452 e. The van der Waals surface area contributed by atoms with Crippen molar-refractivity contribution in [2.75, 3.05) is 11.9 Å². The monoisotopic (exact) mass is 435 g/mol. The minimum Gasteiger partial charge on any atom is -0.452 e. The van der Waals surface area contributed by atoms with Gasteiger partial charge in [0, 0.05) is 27.4 Å². The van der Waals surface area contributed by atoms with E-state index in [1.165, 1.54) is 19.1 Å². The standard InChI is InChI=1S/C24H18ClNO5/c1-15(27)16-8-12-19(13-9-16)26-22(28)14-31-24(30)21-5-3-2-4-20(21)23(29)17-6-10-18(25)11-7-17/h2-13H,14H2,1H3,(H,26,28). The molecule has 0 saturated carbocycles. The fraction of sp³-hybridized carbons (Fsp3) is 0.0833. The van der Waals surface area contributed by atoms with E-state index in [1.54, 1.807) is 60.7 Å². The van der Waals surface area contributed by atoms with Crippen molar-refractivity contribution in [2.24, 2.45) is 0 Å². The molecule has 0 radical (unpaired) electrons. The normalized spacial score (nSPS) is 10.3. The number of rotatable bonds is 7. The van der Waals surface area contributed by atoms with Crippen LogP contribution in [0.25, 0.3) is 0 Å². The molecule has 0 aromatic heterocycles. The lowest BCUT2D eigenvalue weighted by Crippen LogP contribution is -2.22. The van der Waals surface area contributed by atoms with Crippen LogP contribution in [0.3, 0.4) is 0 Å². The summed E-state index contributed by atoms with van der Waals surface area (Å²) in [4.78, 5) is 48.7. The summed E-state index contributed by atoms with van der Waals surface area (Å²) in [7, 11) is 0. The smallest absolute Gasteiger partial charge is 0.339 e. The van der Waals surface area contributed by atoms with Crippen molar-refractivity contribution >= 4 is 40.7 Å².